The van der Waals surface area contributed by atoms with Crippen molar-refractivity contribution in [1.82, 2.24) is 25.5 Å². The van der Waals surface area contributed by atoms with Gasteiger partial charge < -0.3 is 5.32 Å². The minimum absolute atomic E-state index is 0.139. The Morgan fingerprint density at radius 3 is 2.56 bits per heavy atom. The fourth-order valence-electron chi connectivity index (χ4n) is 2.52. The van der Waals surface area contributed by atoms with E-state index in [1.54, 1.807) is 41.1 Å². The summed E-state index contributed by atoms with van der Waals surface area (Å²) in [6.07, 6.45) is 1.96. The first-order chi connectivity index (χ1) is 13.1. The molecule has 1 fully saturated rings. The molecule has 6 nitrogen and oxygen atoms in total. The van der Waals surface area contributed by atoms with Crippen LogP contribution in [0, 0.1) is 5.82 Å². The number of carbonyl (C=O) groups is 1. The maximum Gasteiger partial charge on any atom is 0.238 e. The van der Waals surface area contributed by atoms with E-state index in [1.165, 1.54) is 23.9 Å². The Bertz CT molecular complexity index is 943. The number of hydrogen-bond donors (Lipinski definition) is 1. The van der Waals surface area contributed by atoms with Gasteiger partial charge in [-0.1, -0.05) is 35.5 Å². The molecule has 0 saturated heterocycles. The first kappa shape index (κ1) is 17.9. The van der Waals surface area contributed by atoms with E-state index in [0.717, 1.165) is 18.5 Å². The summed E-state index contributed by atoms with van der Waals surface area (Å²) < 4.78 is 14.9. The van der Waals surface area contributed by atoms with Gasteiger partial charge in [-0.05, 0) is 65.2 Å². The van der Waals surface area contributed by atoms with Crippen LogP contribution in [0.4, 0.5) is 4.39 Å². The lowest BCUT2D eigenvalue weighted by molar-refractivity contribution is -0.120. The van der Waals surface area contributed by atoms with E-state index in [9.17, 15) is 9.18 Å². The SMILES string of the molecule is O=C(NC1CC1)[C@H](Sc1nnnn1-c1ccc(Cl)cc1)c1ccc(F)cc1. The summed E-state index contributed by atoms with van der Waals surface area (Å²) in [7, 11) is 0. The zero-order chi connectivity index (χ0) is 18.8. The predicted octanol–water partition coefficient (Wildman–Crippen LogP) is 3.57. The van der Waals surface area contributed by atoms with Gasteiger partial charge in [0.25, 0.3) is 0 Å². The molecule has 1 N–H and O–H groups in total. The highest BCUT2D eigenvalue weighted by Crippen LogP contribution is 2.36. The van der Waals surface area contributed by atoms with Gasteiger partial charge in [-0.2, -0.15) is 4.68 Å². The normalized spacial score (nSPS) is 14.7. The quantitative estimate of drug-likeness (QED) is 0.637. The molecule has 1 aliphatic rings. The molecule has 138 valence electrons. The molecule has 2 aromatic carbocycles. The smallest absolute Gasteiger partial charge is 0.238 e. The lowest BCUT2D eigenvalue weighted by Gasteiger charge is -2.16. The molecule has 3 aromatic rings. The van der Waals surface area contributed by atoms with E-state index < -0.39 is 5.25 Å². The second-order valence-electron chi connectivity index (χ2n) is 6.18. The van der Waals surface area contributed by atoms with Crippen molar-refractivity contribution in [2.75, 3.05) is 0 Å². The molecule has 1 heterocycles. The molecule has 0 unspecified atom stereocenters. The van der Waals surface area contributed by atoms with Crippen molar-refractivity contribution in [1.29, 1.82) is 0 Å². The molecule has 0 bridgehead atoms. The number of nitrogens with one attached hydrogen (secondary N) is 1. The van der Waals surface area contributed by atoms with Crippen molar-refractivity contribution in [3.05, 3.63) is 64.9 Å². The molecule has 1 aromatic heterocycles. The maximum absolute atomic E-state index is 13.3. The summed E-state index contributed by atoms with van der Waals surface area (Å²) in [5.41, 5.74) is 1.41. The number of hydrogen-bond acceptors (Lipinski definition) is 5. The molecule has 9 heteroatoms. The number of thioether (sulfide) groups is 1. The molecule has 1 atom stereocenters. The van der Waals surface area contributed by atoms with Gasteiger partial charge in [0.2, 0.25) is 11.1 Å². The second-order valence-corrected chi connectivity index (χ2v) is 7.69. The average Bonchev–Trinajstić information content (AvgIpc) is 3.36. The number of carbonyl (C=O) groups excluding carboxylic acids is 1. The summed E-state index contributed by atoms with van der Waals surface area (Å²) in [5, 5.41) is 15.3. The second kappa shape index (κ2) is 7.66. The summed E-state index contributed by atoms with van der Waals surface area (Å²) in [5.74, 6) is -0.490. The highest BCUT2D eigenvalue weighted by Gasteiger charge is 2.30. The van der Waals surface area contributed by atoms with E-state index in [1.807, 2.05) is 0 Å². The van der Waals surface area contributed by atoms with Crippen molar-refractivity contribution >= 4 is 29.3 Å². The van der Waals surface area contributed by atoms with Gasteiger partial charge in [-0.15, -0.1) is 5.10 Å². The Balaban J connectivity index is 1.63. The van der Waals surface area contributed by atoms with Gasteiger partial charge in [0.05, 0.1) is 5.69 Å². The summed E-state index contributed by atoms with van der Waals surface area (Å²) in [4.78, 5) is 12.8. The lowest BCUT2D eigenvalue weighted by Crippen LogP contribution is -2.30. The van der Waals surface area contributed by atoms with Crippen LogP contribution in [0.25, 0.3) is 5.69 Å². The van der Waals surface area contributed by atoms with E-state index in [2.05, 4.69) is 20.8 Å². The highest BCUT2D eigenvalue weighted by atomic mass is 35.5. The number of halogens is 2. The van der Waals surface area contributed by atoms with E-state index in [0.29, 0.717) is 15.7 Å². The van der Waals surface area contributed by atoms with Crippen LogP contribution in [0.5, 0.6) is 0 Å². The van der Waals surface area contributed by atoms with Gasteiger partial charge >= 0.3 is 0 Å². The molecule has 1 saturated carbocycles. The summed E-state index contributed by atoms with van der Waals surface area (Å²) >= 11 is 7.15. The van der Waals surface area contributed by atoms with Crippen LogP contribution < -0.4 is 5.32 Å². The third-order valence-corrected chi connectivity index (χ3v) is 5.51. The van der Waals surface area contributed by atoms with Gasteiger partial charge in [0, 0.05) is 11.1 Å². The van der Waals surface area contributed by atoms with Crippen molar-refractivity contribution < 1.29 is 9.18 Å². The monoisotopic (exact) mass is 403 g/mol. The minimum atomic E-state index is -0.594. The number of benzene rings is 2. The molecule has 1 amide bonds. The van der Waals surface area contributed by atoms with Crippen molar-refractivity contribution in [3.8, 4) is 5.69 Å². The Morgan fingerprint density at radius 1 is 1.19 bits per heavy atom. The van der Waals surface area contributed by atoms with Crippen molar-refractivity contribution in [2.24, 2.45) is 0 Å². The van der Waals surface area contributed by atoms with Crippen molar-refractivity contribution in [2.45, 2.75) is 29.3 Å². The van der Waals surface area contributed by atoms with Gasteiger partial charge in [-0.3, -0.25) is 4.79 Å². The third-order valence-electron chi connectivity index (χ3n) is 4.07. The maximum atomic E-state index is 13.3. The lowest BCUT2D eigenvalue weighted by atomic mass is 10.1. The predicted molar refractivity (Wildman–Crippen MR) is 100 cm³/mol. The van der Waals surface area contributed by atoms with E-state index >= 15 is 0 Å². The van der Waals surface area contributed by atoms with Crippen LogP contribution in [0.2, 0.25) is 5.02 Å². The van der Waals surface area contributed by atoms with Crippen molar-refractivity contribution in [3.63, 3.8) is 0 Å². The van der Waals surface area contributed by atoms with Crippen LogP contribution >= 0.6 is 23.4 Å². The Kier molecular flexibility index (Phi) is 5.09. The number of nitrogens with zero attached hydrogens (tertiary/aromatic N) is 4. The number of rotatable bonds is 6. The minimum Gasteiger partial charge on any atom is -0.352 e. The van der Waals surface area contributed by atoms with Gasteiger partial charge in [0.15, 0.2) is 0 Å². The zero-order valence-electron chi connectivity index (χ0n) is 14.0. The fraction of sp³-hybridized carbons (Fsp3) is 0.222. The number of aromatic nitrogens is 4. The average molecular weight is 404 g/mol. The van der Waals surface area contributed by atoms with Gasteiger partial charge in [0.1, 0.15) is 11.1 Å². The molecular weight excluding hydrogens is 389 g/mol. The number of amides is 1. The summed E-state index contributed by atoms with van der Waals surface area (Å²) in [6.45, 7) is 0. The standard InChI is InChI=1S/C18H15ClFN5OS/c19-12-3-9-15(10-4-12)25-18(22-23-24-25)27-16(17(26)21-14-7-8-14)11-1-5-13(20)6-2-11/h1-6,9-10,14,16H,7-8H2,(H,21,26)/t16-/m1/s1. The number of tetrazole rings is 1. The third kappa shape index (κ3) is 4.28. The van der Waals surface area contributed by atoms with Crippen LogP contribution in [-0.4, -0.2) is 32.2 Å². The molecule has 4 rings (SSSR count). The summed E-state index contributed by atoms with van der Waals surface area (Å²) in [6, 6.07) is 13.2. The first-order valence-corrected chi connectivity index (χ1v) is 9.63. The Hall–Kier alpha value is -2.45. The molecule has 0 radical (unpaired) electrons. The largest absolute Gasteiger partial charge is 0.352 e. The molecular formula is C18H15ClFN5OS. The zero-order valence-corrected chi connectivity index (χ0v) is 15.6. The van der Waals surface area contributed by atoms with Crippen LogP contribution in [0.15, 0.2) is 53.7 Å². The van der Waals surface area contributed by atoms with Gasteiger partial charge in [-0.25, -0.2) is 4.39 Å². The Labute approximate surface area is 164 Å². The molecule has 27 heavy (non-hydrogen) atoms. The molecule has 0 spiro atoms. The first-order valence-electron chi connectivity index (χ1n) is 8.37. The Morgan fingerprint density at radius 2 is 1.89 bits per heavy atom. The van der Waals surface area contributed by atoms with Crippen LogP contribution in [0.1, 0.15) is 23.7 Å². The topological polar surface area (TPSA) is 72.7 Å². The highest BCUT2D eigenvalue weighted by molar-refractivity contribution is 8.00. The molecule has 1 aliphatic carbocycles. The fourth-order valence-corrected chi connectivity index (χ4v) is 3.65. The van der Waals surface area contributed by atoms with Crippen LogP contribution in [0.3, 0.4) is 0 Å². The van der Waals surface area contributed by atoms with E-state index in [4.69, 9.17) is 11.6 Å². The molecule has 0 aliphatic heterocycles. The van der Waals surface area contributed by atoms with Crippen LogP contribution in [-0.2, 0) is 4.79 Å². The van der Waals surface area contributed by atoms with E-state index in [-0.39, 0.29) is 17.8 Å².